The predicted molar refractivity (Wildman–Crippen MR) is 84.8 cm³/mol. The molecule has 0 aromatic heterocycles. The summed E-state index contributed by atoms with van der Waals surface area (Å²) < 4.78 is 0. The molecule has 2 rings (SSSR count). The fourth-order valence-corrected chi connectivity index (χ4v) is 2.14. The number of hydrogen-bond donors (Lipinski definition) is 3. The van der Waals surface area contributed by atoms with Gasteiger partial charge in [-0.1, -0.05) is 30.4 Å². The largest absolute Gasteiger partial charge is 0.504 e. The van der Waals surface area contributed by atoms with Gasteiger partial charge in [0.05, 0.1) is 11.3 Å². The van der Waals surface area contributed by atoms with Gasteiger partial charge in [-0.05, 0) is 24.3 Å². The Kier molecular flexibility index (Phi) is 4.09. The van der Waals surface area contributed by atoms with Crippen LogP contribution in [0, 0.1) is 0 Å². The van der Waals surface area contributed by atoms with Gasteiger partial charge in [0.15, 0.2) is 11.5 Å². The van der Waals surface area contributed by atoms with Crippen LogP contribution in [0.2, 0.25) is 0 Å². The zero-order valence-electron chi connectivity index (χ0n) is 11.3. The minimum atomic E-state index is -0.480. The Morgan fingerprint density at radius 2 is 1.71 bits per heavy atom. The monoisotopic (exact) mass is 302 g/mol. The molecule has 0 spiro atoms. The lowest BCUT2D eigenvalue weighted by Crippen LogP contribution is -2.28. The highest BCUT2D eigenvalue weighted by atomic mass is 32.1. The number of anilines is 1. The summed E-state index contributed by atoms with van der Waals surface area (Å²) in [6.45, 7) is 0. The van der Waals surface area contributed by atoms with Crippen LogP contribution in [0.5, 0.6) is 11.5 Å². The summed E-state index contributed by atoms with van der Waals surface area (Å²) in [7, 11) is 1.54. The van der Waals surface area contributed by atoms with Crippen molar-refractivity contribution < 1.29 is 15.0 Å². The number of thiocarbonyl (C=S) groups is 1. The smallest absolute Gasteiger partial charge is 0.261 e. The van der Waals surface area contributed by atoms with E-state index in [4.69, 9.17) is 18.0 Å². The van der Waals surface area contributed by atoms with E-state index >= 15 is 0 Å². The highest BCUT2D eigenvalue weighted by molar-refractivity contribution is 7.80. The van der Waals surface area contributed by atoms with Crippen molar-refractivity contribution in [3.63, 3.8) is 0 Å². The van der Waals surface area contributed by atoms with Gasteiger partial charge < -0.3 is 20.8 Å². The number of nitrogens with two attached hydrogens (primary N) is 1. The maximum atomic E-state index is 12.5. The van der Waals surface area contributed by atoms with Gasteiger partial charge >= 0.3 is 0 Å². The lowest BCUT2D eigenvalue weighted by atomic mass is 10.1. The van der Waals surface area contributed by atoms with Crippen molar-refractivity contribution in [2.24, 2.45) is 5.73 Å². The summed E-state index contributed by atoms with van der Waals surface area (Å²) in [5.74, 6) is -1.29. The molecule has 0 aliphatic carbocycles. The van der Waals surface area contributed by atoms with Gasteiger partial charge in [-0.15, -0.1) is 0 Å². The number of benzene rings is 2. The first kappa shape index (κ1) is 14.8. The van der Waals surface area contributed by atoms with Gasteiger partial charge in [0, 0.05) is 12.6 Å². The van der Waals surface area contributed by atoms with Crippen LogP contribution >= 0.6 is 12.2 Å². The Bertz CT molecular complexity index is 716. The maximum absolute atomic E-state index is 12.5. The van der Waals surface area contributed by atoms with Crippen LogP contribution in [0.3, 0.4) is 0 Å². The number of amides is 1. The minimum absolute atomic E-state index is 0.00440. The van der Waals surface area contributed by atoms with Gasteiger partial charge in [0.2, 0.25) is 0 Å². The van der Waals surface area contributed by atoms with Crippen LogP contribution < -0.4 is 10.6 Å². The molecule has 0 saturated carbocycles. The summed E-state index contributed by atoms with van der Waals surface area (Å²) in [5, 5.41) is 19.3. The van der Waals surface area contributed by atoms with Crippen molar-refractivity contribution in [1.29, 1.82) is 0 Å². The van der Waals surface area contributed by atoms with E-state index in [0.29, 0.717) is 11.3 Å². The van der Waals surface area contributed by atoms with E-state index in [1.165, 1.54) is 23.1 Å². The summed E-state index contributed by atoms with van der Waals surface area (Å²) in [5.41, 5.74) is 6.73. The zero-order chi connectivity index (χ0) is 15.6. The number of aromatic hydroxyl groups is 2. The molecule has 0 aliphatic heterocycles. The quantitative estimate of drug-likeness (QED) is 0.596. The molecule has 6 heteroatoms. The molecule has 0 bridgehead atoms. The van der Waals surface area contributed by atoms with Crippen molar-refractivity contribution in [3.05, 3.63) is 53.6 Å². The van der Waals surface area contributed by atoms with E-state index < -0.39 is 11.7 Å². The van der Waals surface area contributed by atoms with E-state index in [1.807, 2.05) is 0 Å². The SMILES string of the molecule is CN(C(=O)c1cccc(O)c1O)c1ccccc1C(N)=S. The van der Waals surface area contributed by atoms with Gasteiger partial charge in [0.25, 0.3) is 5.91 Å². The summed E-state index contributed by atoms with van der Waals surface area (Å²) in [4.78, 5) is 14.0. The highest BCUT2D eigenvalue weighted by Gasteiger charge is 2.21. The van der Waals surface area contributed by atoms with Crippen LogP contribution in [0.25, 0.3) is 0 Å². The van der Waals surface area contributed by atoms with Crippen LogP contribution in [0.4, 0.5) is 5.69 Å². The van der Waals surface area contributed by atoms with Crippen LogP contribution in [0.1, 0.15) is 15.9 Å². The molecule has 21 heavy (non-hydrogen) atoms. The fourth-order valence-electron chi connectivity index (χ4n) is 1.97. The summed E-state index contributed by atoms with van der Waals surface area (Å²) >= 11 is 4.97. The Labute approximate surface area is 127 Å². The standard InChI is InChI=1S/C15H14N2O3S/c1-17(11-7-3-2-5-9(11)14(16)21)15(20)10-6-4-8-12(18)13(10)19/h2-8,18-19H,1H3,(H2,16,21). The molecule has 2 aromatic rings. The Morgan fingerprint density at radius 1 is 1.10 bits per heavy atom. The summed E-state index contributed by atoms with van der Waals surface area (Å²) in [6.07, 6.45) is 0. The normalized spacial score (nSPS) is 10.1. The molecular formula is C15H14N2O3S. The first-order chi connectivity index (χ1) is 9.93. The van der Waals surface area contributed by atoms with Gasteiger partial charge in [-0.25, -0.2) is 0 Å². The maximum Gasteiger partial charge on any atom is 0.261 e. The van der Waals surface area contributed by atoms with Gasteiger partial charge in [-0.3, -0.25) is 4.79 Å². The topological polar surface area (TPSA) is 86.8 Å². The second kappa shape index (κ2) is 5.80. The van der Waals surface area contributed by atoms with Crippen molar-refractivity contribution in [1.82, 2.24) is 0 Å². The van der Waals surface area contributed by atoms with E-state index in [-0.39, 0.29) is 16.3 Å². The van der Waals surface area contributed by atoms with Crippen molar-refractivity contribution in [3.8, 4) is 11.5 Å². The van der Waals surface area contributed by atoms with E-state index in [0.717, 1.165) is 0 Å². The molecule has 5 nitrogen and oxygen atoms in total. The number of phenolic OH excluding ortho intramolecular Hbond substituents is 2. The summed E-state index contributed by atoms with van der Waals surface area (Å²) in [6, 6.07) is 11.1. The predicted octanol–water partition coefficient (Wildman–Crippen LogP) is 2.01. The number of rotatable bonds is 3. The fraction of sp³-hybridized carbons (Fsp3) is 0.0667. The van der Waals surface area contributed by atoms with E-state index in [2.05, 4.69) is 0 Å². The average Bonchev–Trinajstić information content (AvgIpc) is 2.48. The molecule has 2 aromatic carbocycles. The Balaban J connectivity index is 2.45. The number of phenols is 2. The third-order valence-electron chi connectivity index (χ3n) is 3.08. The second-order valence-electron chi connectivity index (χ2n) is 4.42. The highest BCUT2D eigenvalue weighted by Crippen LogP contribution is 2.30. The molecule has 0 radical (unpaired) electrons. The zero-order valence-corrected chi connectivity index (χ0v) is 12.1. The van der Waals surface area contributed by atoms with Crippen molar-refractivity contribution in [2.75, 3.05) is 11.9 Å². The Hall–Kier alpha value is -2.60. The molecule has 0 saturated heterocycles. The average molecular weight is 302 g/mol. The number of hydrogen-bond acceptors (Lipinski definition) is 4. The first-order valence-electron chi connectivity index (χ1n) is 6.11. The third-order valence-corrected chi connectivity index (χ3v) is 3.30. The lowest BCUT2D eigenvalue weighted by molar-refractivity contribution is 0.0989. The third kappa shape index (κ3) is 2.80. The number of carbonyl (C=O) groups excluding carboxylic acids is 1. The molecule has 4 N–H and O–H groups in total. The van der Waals surface area contributed by atoms with Crippen LogP contribution in [-0.2, 0) is 0 Å². The molecular weight excluding hydrogens is 288 g/mol. The van der Waals surface area contributed by atoms with Crippen molar-refractivity contribution in [2.45, 2.75) is 0 Å². The molecule has 0 aliphatic rings. The molecule has 0 atom stereocenters. The number of nitrogens with zero attached hydrogens (tertiary/aromatic N) is 1. The second-order valence-corrected chi connectivity index (χ2v) is 4.86. The Morgan fingerprint density at radius 3 is 2.38 bits per heavy atom. The van der Waals surface area contributed by atoms with Crippen LogP contribution in [0.15, 0.2) is 42.5 Å². The first-order valence-corrected chi connectivity index (χ1v) is 6.52. The molecule has 0 fully saturated rings. The molecule has 108 valence electrons. The number of para-hydroxylation sites is 2. The number of carbonyl (C=O) groups is 1. The van der Waals surface area contributed by atoms with E-state index in [1.54, 1.807) is 31.3 Å². The molecule has 0 heterocycles. The molecule has 1 amide bonds. The van der Waals surface area contributed by atoms with E-state index in [9.17, 15) is 15.0 Å². The lowest BCUT2D eigenvalue weighted by Gasteiger charge is -2.21. The molecule has 0 unspecified atom stereocenters. The van der Waals surface area contributed by atoms with Gasteiger partial charge in [-0.2, -0.15) is 0 Å². The van der Waals surface area contributed by atoms with Crippen LogP contribution in [-0.4, -0.2) is 28.2 Å². The van der Waals surface area contributed by atoms with Gasteiger partial charge in [0.1, 0.15) is 4.99 Å². The van der Waals surface area contributed by atoms with Crippen molar-refractivity contribution >= 4 is 28.8 Å². The minimum Gasteiger partial charge on any atom is -0.504 e.